The molecule has 0 spiro atoms. The van der Waals surface area contributed by atoms with Crippen molar-refractivity contribution in [3.63, 3.8) is 0 Å². The Kier molecular flexibility index (Phi) is 5.14. The number of Topliss-reactive ketones (excluding diaryl/α,β-unsaturated/α-hetero) is 1. The Hall–Kier alpha value is -1.95. The molecule has 0 aliphatic rings. The van der Waals surface area contributed by atoms with Gasteiger partial charge in [-0.05, 0) is 36.4 Å². The standard InChI is InChI=1S/C18H18ClN3OS/c1-21(2)12-20-18-22(15-5-3-4-6-17(15)24-18)11-16(23)13-7-9-14(19)10-8-13/h3-10H,11-12H2,1-2H3/p+1. The van der Waals surface area contributed by atoms with E-state index < -0.39 is 0 Å². The van der Waals surface area contributed by atoms with Gasteiger partial charge in [0.2, 0.25) is 0 Å². The SMILES string of the molecule is C[NH+](C)CN=c1sc2ccccc2n1CC(=O)c1ccc(Cl)cc1. The fraction of sp³-hybridized carbons (Fsp3) is 0.222. The molecule has 1 heterocycles. The summed E-state index contributed by atoms with van der Waals surface area (Å²) < 4.78 is 3.13. The van der Waals surface area contributed by atoms with E-state index in [4.69, 9.17) is 11.6 Å². The molecule has 0 aliphatic heterocycles. The largest absolute Gasteiger partial charge is 0.321 e. The van der Waals surface area contributed by atoms with Crippen LogP contribution in [0.1, 0.15) is 10.4 Å². The van der Waals surface area contributed by atoms with Gasteiger partial charge in [-0.25, -0.2) is 4.99 Å². The van der Waals surface area contributed by atoms with Crippen LogP contribution in [0.15, 0.2) is 53.5 Å². The summed E-state index contributed by atoms with van der Waals surface area (Å²) in [5, 5.41) is 0.629. The van der Waals surface area contributed by atoms with Crippen molar-refractivity contribution in [1.29, 1.82) is 0 Å². The molecular formula is C18H19ClN3OS+. The summed E-state index contributed by atoms with van der Waals surface area (Å²) >= 11 is 7.52. The number of halogens is 1. The second kappa shape index (κ2) is 7.30. The predicted molar refractivity (Wildman–Crippen MR) is 98.8 cm³/mol. The first-order valence-electron chi connectivity index (χ1n) is 7.71. The summed E-state index contributed by atoms with van der Waals surface area (Å²) in [7, 11) is 4.11. The third-order valence-electron chi connectivity index (χ3n) is 3.59. The predicted octanol–water partition coefficient (Wildman–Crippen LogP) is 2.24. The maximum atomic E-state index is 12.7. The minimum Gasteiger partial charge on any atom is -0.321 e. The second-order valence-electron chi connectivity index (χ2n) is 5.89. The van der Waals surface area contributed by atoms with Crippen molar-refractivity contribution < 1.29 is 9.69 Å². The Labute approximate surface area is 149 Å². The first kappa shape index (κ1) is 16.9. The lowest BCUT2D eigenvalue weighted by atomic mass is 10.1. The highest BCUT2D eigenvalue weighted by Gasteiger charge is 2.12. The lowest BCUT2D eigenvalue weighted by Gasteiger charge is -2.06. The molecule has 124 valence electrons. The number of ketones is 1. The molecule has 6 heteroatoms. The Morgan fingerprint density at radius 2 is 1.88 bits per heavy atom. The number of hydrogen-bond acceptors (Lipinski definition) is 3. The van der Waals surface area contributed by atoms with Crippen molar-refractivity contribution in [1.82, 2.24) is 4.57 Å². The zero-order valence-corrected chi connectivity index (χ0v) is 15.2. The molecule has 0 fully saturated rings. The molecule has 4 nitrogen and oxygen atoms in total. The lowest BCUT2D eigenvalue weighted by Crippen LogP contribution is -3.05. The molecule has 0 saturated carbocycles. The third-order valence-corrected chi connectivity index (χ3v) is 4.94. The molecule has 1 N–H and O–H groups in total. The third kappa shape index (κ3) is 3.75. The molecule has 1 aromatic heterocycles. The molecule has 0 amide bonds. The number of thiazole rings is 1. The van der Waals surface area contributed by atoms with E-state index in [2.05, 4.69) is 25.2 Å². The van der Waals surface area contributed by atoms with E-state index in [1.807, 2.05) is 22.8 Å². The number of aromatic nitrogens is 1. The zero-order valence-electron chi connectivity index (χ0n) is 13.6. The van der Waals surface area contributed by atoms with Crippen LogP contribution in [0.3, 0.4) is 0 Å². The summed E-state index contributed by atoms with van der Waals surface area (Å²) in [6, 6.07) is 15.1. The van der Waals surface area contributed by atoms with Gasteiger partial charge in [-0.3, -0.25) is 4.79 Å². The Morgan fingerprint density at radius 3 is 2.58 bits per heavy atom. The van der Waals surface area contributed by atoms with Gasteiger partial charge in [0.05, 0.1) is 30.9 Å². The van der Waals surface area contributed by atoms with Crippen molar-refractivity contribution in [3.8, 4) is 0 Å². The van der Waals surface area contributed by atoms with Crippen LogP contribution in [0.2, 0.25) is 5.02 Å². The summed E-state index contributed by atoms with van der Waals surface area (Å²) in [6.45, 7) is 0.940. The Bertz CT molecular complexity index is 925. The number of para-hydroxylation sites is 1. The summed E-state index contributed by atoms with van der Waals surface area (Å²) in [5.74, 6) is 0.0499. The van der Waals surface area contributed by atoms with Gasteiger partial charge in [0.25, 0.3) is 0 Å². The highest BCUT2D eigenvalue weighted by atomic mass is 35.5. The molecule has 24 heavy (non-hydrogen) atoms. The van der Waals surface area contributed by atoms with Crippen molar-refractivity contribution in [2.75, 3.05) is 20.8 Å². The molecule has 0 saturated heterocycles. The van der Waals surface area contributed by atoms with Crippen LogP contribution in [-0.4, -0.2) is 31.1 Å². The second-order valence-corrected chi connectivity index (χ2v) is 7.34. The number of carbonyl (C=O) groups is 1. The van der Waals surface area contributed by atoms with Crippen LogP contribution in [0.4, 0.5) is 0 Å². The molecule has 3 rings (SSSR count). The van der Waals surface area contributed by atoms with E-state index in [-0.39, 0.29) is 12.3 Å². The van der Waals surface area contributed by atoms with Crippen LogP contribution < -0.4 is 9.70 Å². The van der Waals surface area contributed by atoms with Gasteiger partial charge >= 0.3 is 0 Å². The first-order valence-corrected chi connectivity index (χ1v) is 8.90. The number of nitrogens with one attached hydrogen (secondary N) is 1. The first-order chi connectivity index (χ1) is 11.5. The number of benzene rings is 2. The number of fused-ring (bicyclic) bond motifs is 1. The fourth-order valence-electron chi connectivity index (χ4n) is 2.39. The monoisotopic (exact) mass is 360 g/mol. The molecule has 0 aliphatic carbocycles. The molecule has 0 unspecified atom stereocenters. The highest BCUT2D eigenvalue weighted by Crippen LogP contribution is 2.17. The van der Waals surface area contributed by atoms with Crippen molar-refractivity contribution >= 4 is 38.9 Å². The van der Waals surface area contributed by atoms with Crippen molar-refractivity contribution in [3.05, 3.63) is 63.9 Å². The average molecular weight is 361 g/mol. The maximum absolute atomic E-state index is 12.7. The van der Waals surface area contributed by atoms with Crippen LogP contribution >= 0.6 is 22.9 Å². The molecule has 0 radical (unpaired) electrons. The van der Waals surface area contributed by atoms with Gasteiger partial charge < -0.3 is 9.47 Å². The topological polar surface area (TPSA) is 38.8 Å². The highest BCUT2D eigenvalue weighted by molar-refractivity contribution is 7.16. The van der Waals surface area contributed by atoms with Crippen molar-refractivity contribution in [2.45, 2.75) is 6.54 Å². The zero-order chi connectivity index (χ0) is 17.1. The van der Waals surface area contributed by atoms with Gasteiger partial charge in [0, 0.05) is 10.6 Å². The number of carbonyl (C=O) groups excluding carboxylic acids is 1. The number of nitrogens with zero attached hydrogens (tertiary/aromatic N) is 2. The number of rotatable bonds is 5. The lowest BCUT2D eigenvalue weighted by molar-refractivity contribution is -0.857. The smallest absolute Gasteiger partial charge is 0.191 e. The number of quaternary nitrogens is 1. The van der Waals surface area contributed by atoms with Crippen LogP contribution in [0.25, 0.3) is 10.2 Å². The van der Waals surface area contributed by atoms with Crippen LogP contribution in [0.5, 0.6) is 0 Å². The average Bonchev–Trinajstić information content (AvgIpc) is 2.91. The van der Waals surface area contributed by atoms with E-state index in [1.54, 1.807) is 35.6 Å². The van der Waals surface area contributed by atoms with E-state index in [0.717, 1.165) is 15.0 Å². The summed E-state index contributed by atoms with van der Waals surface area (Å²) in [5.41, 5.74) is 1.70. The minimum atomic E-state index is 0.0499. The fourth-order valence-corrected chi connectivity index (χ4v) is 3.54. The van der Waals surface area contributed by atoms with Gasteiger partial charge in [0.15, 0.2) is 17.3 Å². The minimum absolute atomic E-state index is 0.0499. The Morgan fingerprint density at radius 1 is 1.17 bits per heavy atom. The quantitative estimate of drug-likeness (QED) is 0.696. The van der Waals surface area contributed by atoms with Crippen molar-refractivity contribution in [2.24, 2.45) is 4.99 Å². The van der Waals surface area contributed by atoms with E-state index in [0.29, 0.717) is 17.3 Å². The molecular weight excluding hydrogens is 342 g/mol. The molecule has 3 aromatic rings. The van der Waals surface area contributed by atoms with Gasteiger partial charge in [-0.15, -0.1) is 0 Å². The van der Waals surface area contributed by atoms with Crippen LogP contribution in [-0.2, 0) is 6.54 Å². The molecule has 0 bridgehead atoms. The van der Waals surface area contributed by atoms with E-state index >= 15 is 0 Å². The van der Waals surface area contributed by atoms with Gasteiger partial charge in [-0.2, -0.15) is 0 Å². The molecule has 2 aromatic carbocycles. The molecule has 0 atom stereocenters. The summed E-state index contributed by atoms with van der Waals surface area (Å²) in [4.78, 5) is 19.4. The van der Waals surface area contributed by atoms with E-state index in [9.17, 15) is 4.79 Å². The van der Waals surface area contributed by atoms with Gasteiger partial charge in [-0.1, -0.05) is 35.1 Å². The van der Waals surface area contributed by atoms with Gasteiger partial charge in [0.1, 0.15) is 0 Å². The Balaban J connectivity index is 2.00. The summed E-state index contributed by atoms with van der Waals surface area (Å²) in [6.07, 6.45) is 0. The van der Waals surface area contributed by atoms with Crippen LogP contribution in [0, 0.1) is 0 Å². The maximum Gasteiger partial charge on any atom is 0.191 e. The van der Waals surface area contributed by atoms with E-state index in [1.165, 1.54) is 4.90 Å². The number of hydrogen-bond donors (Lipinski definition) is 1. The normalized spacial score (nSPS) is 12.2.